The van der Waals surface area contributed by atoms with E-state index >= 15 is 0 Å². The summed E-state index contributed by atoms with van der Waals surface area (Å²) in [5.41, 5.74) is 1.09. The molecule has 0 saturated carbocycles. The largest absolute Gasteiger partial charge is 0.486 e. The van der Waals surface area contributed by atoms with Crippen molar-refractivity contribution in [3.8, 4) is 23.8 Å². The van der Waals surface area contributed by atoms with Gasteiger partial charge in [-0.05, 0) is 30.7 Å². The number of hydrogen-bond donors (Lipinski definition) is 0. The molecule has 0 unspecified atom stereocenters. The van der Waals surface area contributed by atoms with Gasteiger partial charge in [0.2, 0.25) is 10.0 Å². The molecular formula is C25H27N3O5S2. The number of benzene rings is 2. The first kappa shape index (κ1) is 25.0. The van der Waals surface area contributed by atoms with Gasteiger partial charge >= 0.3 is 0 Å². The Morgan fingerprint density at radius 1 is 1.17 bits per heavy atom. The molecule has 1 aromatic heterocycles. The zero-order valence-electron chi connectivity index (χ0n) is 19.7. The smallest absolute Gasteiger partial charge is 0.279 e. The van der Waals surface area contributed by atoms with Crippen LogP contribution in [0.3, 0.4) is 0 Å². The zero-order valence-corrected chi connectivity index (χ0v) is 21.3. The molecule has 1 aliphatic rings. The average molecular weight is 514 g/mol. The first-order chi connectivity index (χ1) is 16.9. The second-order valence-electron chi connectivity index (χ2n) is 7.93. The Morgan fingerprint density at radius 2 is 1.86 bits per heavy atom. The zero-order chi connectivity index (χ0) is 25.0. The number of terminal acetylenes is 1. The van der Waals surface area contributed by atoms with Gasteiger partial charge in [0.25, 0.3) is 5.91 Å². The molecule has 8 nitrogen and oxygen atoms in total. The maximum absolute atomic E-state index is 13.0. The summed E-state index contributed by atoms with van der Waals surface area (Å²) < 4.78 is 41.3. The van der Waals surface area contributed by atoms with Crippen molar-refractivity contribution in [2.75, 3.05) is 26.3 Å². The highest BCUT2D eigenvalue weighted by Crippen LogP contribution is 2.35. The maximum Gasteiger partial charge on any atom is 0.279 e. The van der Waals surface area contributed by atoms with E-state index in [0.29, 0.717) is 42.6 Å². The summed E-state index contributed by atoms with van der Waals surface area (Å²) in [4.78, 5) is 17.9. The average Bonchev–Trinajstić information content (AvgIpc) is 3.18. The third-order valence-corrected chi connectivity index (χ3v) is 8.68. The fourth-order valence-corrected chi connectivity index (χ4v) is 6.31. The Balaban J connectivity index is 1.66. The second kappa shape index (κ2) is 10.6. The lowest BCUT2D eigenvalue weighted by atomic mass is 10.2. The number of carbonyl (C=O) groups excluding carboxylic acids is 1. The van der Waals surface area contributed by atoms with E-state index in [2.05, 4.69) is 10.9 Å². The van der Waals surface area contributed by atoms with Crippen LogP contribution in [0.2, 0.25) is 0 Å². The van der Waals surface area contributed by atoms with Crippen LogP contribution >= 0.6 is 11.3 Å². The predicted molar refractivity (Wildman–Crippen MR) is 135 cm³/mol. The van der Waals surface area contributed by atoms with Crippen LogP contribution in [0.4, 0.5) is 0 Å². The number of thiazole rings is 1. The summed E-state index contributed by atoms with van der Waals surface area (Å²) in [6.07, 6.45) is 7.27. The summed E-state index contributed by atoms with van der Waals surface area (Å²) in [5.74, 6) is 3.39. The molecular weight excluding hydrogens is 486 g/mol. The molecule has 184 valence electrons. The number of nitrogens with zero attached hydrogens (tertiary/aromatic N) is 3. The lowest BCUT2D eigenvalue weighted by Crippen LogP contribution is -2.31. The molecule has 3 aromatic rings. The van der Waals surface area contributed by atoms with E-state index in [4.69, 9.17) is 15.9 Å². The monoisotopic (exact) mass is 513 g/mol. The molecule has 0 bridgehead atoms. The summed E-state index contributed by atoms with van der Waals surface area (Å²) in [7, 11) is -3.62. The first-order valence-electron chi connectivity index (χ1n) is 11.4. The van der Waals surface area contributed by atoms with Gasteiger partial charge in [0.05, 0.1) is 21.7 Å². The van der Waals surface area contributed by atoms with Crippen molar-refractivity contribution in [2.24, 2.45) is 4.99 Å². The summed E-state index contributed by atoms with van der Waals surface area (Å²) in [5, 5.41) is 0. The highest BCUT2D eigenvalue weighted by atomic mass is 32.2. The van der Waals surface area contributed by atoms with Gasteiger partial charge in [-0.15, -0.1) is 6.42 Å². The fraction of sp³-hybridized carbons (Fsp3) is 0.360. The SMILES string of the molecule is C#CCn1c(=NC(=O)c2ccc(S(=O)(=O)N(CC)CCCC)cc2)sc2cc3c(cc21)OCCO3. The molecule has 1 aliphatic heterocycles. The third kappa shape index (κ3) is 5.12. The number of unbranched alkanes of at least 4 members (excludes halogenated alkanes) is 1. The van der Waals surface area contributed by atoms with Gasteiger partial charge in [-0.3, -0.25) is 4.79 Å². The Labute approximate surface area is 208 Å². The van der Waals surface area contributed by atoms with Crippen molar-refractivity contribution in [2.45, 2.75) is 38.1 Å². The van der Waals surface area contributed by atoms with Crippen LogP contribution < -0.4 is 14.3 Å². The highest BCUT2D eigenvalue weighted by molar-refractivity contribution is 7.89. The van der Waals surface area contributed by atoms with E-state index in [-0.39, 0.29) is 17.0 Å². The summed E-state index contributed by atoms with van der Waals surface area (Å²) in [6, 6.07) is 9.60. The van der Waals surface area contributed by atoms with Crippen LogP contribution in [0.25, 0.3) is 10.2 Å². The number of amides is 1. The predicted octanol–water partition coefficient (Wildman–Crippen LogP) is 3.66. The molecule has 35 heavy (non-hydrogen) atoms. The molecule has 1 amide bonds. The van der Waals surface area contributed by atoms with Crippen LogP contribution in [-0.4, -0.2) is 49.5 Å². The summed E-state index contributed by atoms with van der Waals surface area (Å²) >= 11 is 1.32. The molecule has 2 aromatic carbocycles. The van der Waals surface area contributed by atoms with Crippen LogP contribution in [0, 0.1) is 12.3 Å². The summed E-state index contributed by atoms with van der Waals surface area (Å²) in [6.45, 7) is 5.86. The van der Waals surface area contributed by atoms with Crippen LogP contribution in [-0.2, 0) is 16.6 Å². The fourth-order valence-electron chi connectivity index (χ4n) is 3.79. The van der Waals surface area contributed by atoms with Gasteiger partial charge in [0.1, 0.15) is 13.2 Å². The molecule has 0 atom stereocenters. The number of aromatic nitrogens is 1. The Hall–Kier alpha value is -3.13. The number of rotatable bonds is 8. The van der Waals surface area contributed by atoms with Crippen LogP contribution in [0.1, 0.15) is 37.0 Å². The van der Waals surface area contributed by atoms with E-state index in [0.717, 1.165) is 23.1 Å². The molecule has 0 saturated heterocycles. The molecule has 0 spiro atoms. The van der Waals surface area contributed by atoms with Crippen molar-refractivity contribution in [1.29, 1.82) is 0 Å². The number of ether oxygens (including phenoxy) is 2. The van der Waals surface area contributed by atoms with E-state index in [1.807, 2.05) is 26.0 Å². The van der Waals surface area contributed by atoms with Gasteiger partial charge in [0.15, 0.2) is 16.3 Å². The molecule has 0 radical (unpaired) electrons. The lowest BCUT2D eigenvalue weighted by Gasteiger charge is -2.20. The standard InChI is InChI=1S/C25H27N3O5S2/c1-4-7-13-27(6-3)35(30,31)19-10-8-18(9-11-19)24(29)26-25-28(12-5-2)20-16-21-22(17-23(20)34-25)33-15-14-32-21/h2,8-11,16-17H,4,6-7,12-15H2,1,3H3. The van der Waals surface area contributed by atoms with Crippen molar-refractivity contribution in [3.63, 3.8) is 0 Å². The van der Waals surface area contributed by atoms with Gasteiger partial charge in [-0.1, -0.05) is 37.5 Å². The number of fused-ring (bicyclic) bond motifs is 2. The van der Waals surface area contributed by atoms with Crippen LogP contribution in [0.5, 0.6) is 11.5 Å². The first-order valence-corrected chi connectivity index (χ1v) is 13.7. The van der Waals surface area contributed by atoms with Crippen molar-refractivity contribution >= 4 is 37.5 Å². The number of hydrogen-bond acceptors (Lipinski definition) is 6. The minimum Gasteiger partial charge on any atom is -0.486 e. The quantitative estimate of drug-likeness (QED) is 0.429. The second-order valence-corrected chi connectivity index (χ2v) is 10.9. The molecule has 0 fully saturated rings. The van der Waals surface area contributed by atoms with E-state index < -0.39 is 15.9 Å². The molecule has 0 aliphatic carbocycles. The molecule has 10 heteroatoms. The van der Waals surface area contributed by atoms with E-state index in [1.54, 1.807) is 4.57 Å². The number of carbonyl (C=O) groups is 1. The van der Waals surface area contributed by atoms with Crippen LogP contribution in [0.15, 0.2) is 46.3 Å². The van der Waals surface area contributed by atoms with Gasteiger partial charge in [-0.2, -0.15) is 9.30 Å². The maximum atomic E-state index is 13.0. The van der Waals surface area contributed by atoms with Gasteiger partial charge in [-0.25, -0.2) is 8.42 Å². The lowest BCUT2D eigenvalue weighted by molar-refractivity contribution is 0.0998. The number of sulfonamides is 1. The van der Waals surface area contributed by atoms with Crippen molar-refractivity contribution in [3.05, 3.63) is 46.8 Å². The molecule has 0 N–H and O–H groups in total. The Kier molecular flexibility index (Phi) is 7.60. The molecule has 2 heterocycles. The van der Waals surface area contributed by atoms with E-state index in [9.17, 15) is 13.2 Å². The van der Waals surface area contributed by atoms with Crippen molar-refractivity contribution in [1.82, 2.24) is 8.87 Å². The van der Waals surface area contributed by atoms with E-state index in [1.165, 1.54) is 39.9 Å². The third-order valence-electron chi connectivity index (χ3n) is 5.65. The Morgan fingerprint density at radius 3 is 2.49 bits per heavy atom. The minimum atomic E-state index is -3.62. The molecule has 4 rings (SSSR count). The van der Waals surface area contributed by atoms with Crippen molar-refractivity contribution < 1.29 is 22.7 Å². The highest BCUT2D eigenvalue weighted by Gasteiger charge is 2.23. The topological polar surface area (TPSA) is 90.2 Å². The van der Waals surface area contributed by atoms with Gasteiger partial charge in [0, 0.05) is 30.8 Å². The normalized spacial score (nSPS) is 13.8. The van der Waals surface area contributed by atoms with Gasteiger partial charge < -0.3 is 14.0 Å². The minimum absolute atomic E-state index is 0.154. The Bertz CT molecular complexity index is 1450.